The molecular weight excluding hydrogens is 314 g/mol. The molecule has 0 aliphatic heterocycles. The molecule has 0 bridgehead atoms. The first kappa shape index (κ1) is 16.3. The first-order valence-electron chi connectivity index (χ1n) is 7.80. The molecule has 0 saturated heterocycles. The Morgan fingerprint density at radius 1 is 0.840 bits per heavy atom. The zero-order valence-electron chi connectivity index (χ0n) is 13.4. The molecule has 0 aliphatic rings. The fourth-order valence-electron chi connectivity index (χ4n) is 2.17. The maximum absolute atomic E-state index is 12.0. The summed E-state index contributed by atoms with van der Waals surface area (Å²) in [6, 6.07) is 23.3. The van der Waals surface area contributed by atoms with Gasteiger partial charge in [-0.1, -0.05) is 30.3 Å². The minimum Gasteiger partial charge on any atom is -0.508 e. The van der Waals surface area contributed by atoms with Gasteiger partial charge in [-0.05, 0) is 60.2 Å². The van der Waals surface area contributed by atoms with Gasteiger partial charge in [-0.3, -0.25) is 4.79 Å². The zero-order valence-corrected chi connectivity index (χ0v) is 13.4. The van der Waals surface area contributed by atoms with Gasteiger partial charge in [0.15, 0.2) is 0 Å². The van der Waals surface area contributed by atoms with Gasteiger partial charge < -0.3 is 15.2 Å². The van der Waals surface area contributed by atoms with E-state index in [2.05, 4.69) is 5.32 Å². The molecule has 3 aromatic carbocycles. The van der Waals surface area contributed by atoms with Crippen LogP contribution in [-0.4, -0.2) is 11.0 Å². The molecule has 124 valence electrons. The van der Waals surface area contributed by atoms with Crippen LogP contribution >= 0.6 is 0 Å². The van der Waals surface area contributed by atoms with E-state index in [0.29, 0.717) is 11.4 Å². The summed E-state index contributed by atoms with van der Waals surface area (Å²) in [5.41, 5.74) is 1.51. The molecule has 0 aromatic heterocycles. The number of hydrogen-bond donors (Lipinski definition) is 2. The number of phenolic OH excluding ortho intramolecular Hbond substituents is 1. The number of phenols is 1. The second-order valence-corrected chi connectivity index (χ2v) is 5.35. The van der Waals surface area contributed by atoms with E-state index in [0.717, 1.165) is 11.3 Å². The largest absolute Gasteiger partial charge is 0.508 e. The lowest BCUT2D eigenvalue weighted by atomic mass is 10.2. The Balaban J connectivity index is 1.57. The van der Waals surface area contributed by atoms with Crippen molar-refractivity contribution in [3.8, 4) is 17.2 Å². The van der Waals surface area contributed by atoms with Gasteiger partial charge in [-0.15, -0.1) is 0 Å². The van der Waals surface area contributed by atoms with E-state index in [-0.39, 0.29) is 11.7 Å². The first-order valence-corrected chi connectivity index (χ1v) is 7.80. The summed E-state index contributed by atoms with van der Waals surface area (Å²) in [5.74, 6) is 1.42. The average Bonchev–Trinajstić information content (AvgIpc) is 2.64. The van der Waals surface area contributed by atoms with Gasteiger partial charge in [0.25, 0.3) is 0 Å². The van der Waals surface area contributed by atoms with Crippen LogP contribution in [0.15, 0.2) is 84.9 Å². The van der Waals surface area contributed by atoms with Crippen molar-refractivity contribution in [1.82, 2.24) is 0 Å². The summed E-state index contributed by atoms with van der Waals surface area (Å²) in [6.07, 6.45) is 3.13. The fourth-order valence-corrected chi connectivity index (χ4v) is 2.17. The number of hydrogen-bond acceptors (Lipinski definition) is 3. The number of aromatic hydroxyl groups is 1. The molecule has 0 saturated carbocycles. The third-order valence-electron chi connectivity index (χ3n) is 3.42. The minimum absolute atomic E-state index is 0.194. The second kappa shape index (κ2) is 7.84. The highest BCUT2D eigenvalue weighted by Crippen LogP contribution is 2.22. The van der Waals surface area contributed by atoms with Crippen molar-refractivity contribution in [2.75, 3.05) is 5.32 Å². The zero-order chi connectivity index (χ0) is 17.5. The normalized spacial score (nSPS) is 10.6. The van der Waals surface area contributed by atoms with E-state index in [1.54, 1.807) is 54.6 Å². The van der Waals surface area contributed by atoms with Gasteiger partial charge in [0, 0.05) is 11.8 Å². The number of ether oxygens (including phenoxy) is 1. The quantitative estimate of drug-likeness (QED) is 0.658. The fraction of sp³-hybridized carbons (Fsp3) is 0. The van der Waals surface area contributed by atoms with Crippen molar-refractivity contribution in [1.29, 1.82) is 0 Å². The van der Waals surface area contributed by atoms with Crippen molar-refractivity contribution in [2.24, 2.45) is 0 Å². The number of carbonyl (C=O) groups excluding carboxylic acids is 1. The molecule has 4 heteroatoms. The smallest absolute Gasteiger partial charge is 0.248 e. The van der Waals surface area contributed by atoms with Crippen LogP contribution in [0, 0.1) is 0 Å². The Morgan fingerprint density at radius 2 is 1.48 bits per heavy atom. The Morgan fingerprint density at radius 3 is 2.16 bits per heavy atom. The third-order valence-corrected chi connectivity index (χ3v) is 3.42. The van der Waals surface area contributed by atoms with Gasteiger partial charge in [0.1, 0.15) is 17.2 Å². The topological polar surface area (TPSA) is 58.6 Å². The third kappa shape index (κ3) is 4.97. The van der Waals surface area contributed by atoms with Crippen LogP contribution in [0.5, 0.6) is 17.2 Å². The van der Waals surface area contributed by atoms with Gasteiger partial charge in [-0.25, -0.2) is 0 Å². The molecule has 25 heavy (non-hydrogen) atoms. The molecule has 0 unspecified atom stereocenters. The number of para-hydroxylation sites is 1. The van der Waals surface area contributed by atoms with E-state index in [4.69, 9.17) is 4.74 Å². The number of nitrogens with one attached hydrogen (secondary N) is 1. The predicted octanol–water partition coefficient (Wildman–Crippen LogP) is 4.84. The van der Waals surface area contributed by atoms with E-state index in [1.165, 1.54) is 6.08 Å². The van der Waals surface area contributed by atoms with Gasteiger partial charge >= 0.3 is 0 Å². The second-order valence-electron chi connectivity index (χ2n) is 5.35. The Labute approximate surface area is 146 Å². The predicted molar refractivity (Wildman–Crippen MR) is 98.7 cm³/mol. The maximum atomic E-state index is 12.0. The van der Waals surface area contributed by atoms with Gasteiger partial charge in [0.05, 0.1) is 0 Å². The SMILES string of the molecule is O=C(/C=C/c1ccc(O)cc1)Nc1ccc(Oc2ccccc2)cc1. The van der Waals surface area contributed by atoms with Crippen LogP contribution in [0.2, 0.25) is 0 Å². The number of carbonyl (C=O) groups is 1. The van der Waals surface area contributed by atoms with Gasteiger partial charge in [-0.2, -0.15) is 0 Å². The summed E-state index contributed by atoms with van der Waals surface area (Å²) in [4.78, 5) is 12.0. The summed E-state index contributed by atoms with van der Waals surface area (Å²) < 4.78 is 5.71. The number of rotatable bonds is 5. The average molecular weight is 331 g/mol. The van der Waals surface area contributed by atoms with E-state index < -0.39 is 0 Å². The van der Waals surface area contributed by atoms with Crippen LogP contribution in [0.25, 0.3) is 6.08 Å². The number of amides is 1. The summed E-state index contributed by atoms with van der Waals surface area (Å²) >= 11 is 0. The molecule has 0 fully saturated rings. The molecule has 3 aromatic rings. The molecule has 2 N–H and O–H groups in total. The molecule has 0 heterocycles. The maximum Gasteiger partial charge on any atom is 0.248 e. The lowest BCUT2D eigenvalue weighted by Gasteiger charge is -2.07. The van der Waals surface area contributed by atoms with Gasteiger partial charge in [0.2, 0.25) is 5.91 Å². The van der Waals surface area contributed by atoms with Crippen molar-refractivity contribution in [2.45, 2.75) is 0 Å². The monoisotopic (exact) mass is 331 g/mol. The Hall–Kier alpha value is -3.53. The standard InChI is InChI=1S/C21H17NO3/c23-18-11-6-16(7-12-18)8-15-21(24)22-17-9-13-20(14-10-17)25-19-4-2-1-3-5-19/h1-15,23H,(H,22,24)/b15-8+. The number of anilines is 1. The van der Waals surface area contributed by atoms with E-state index >= 15 is 0 Å². The minimum atomic E-state index is -0.232. The molecular formula is C21H17NO3. The van der Waals surface area contributed by atoms with Crippen molar-refractivity contribution in [3.63, 3.8) is 0 Å². The van der Waals surface area contributed by atoms with E-state index in [1.807, 2.05) is 30.3 Å². The van der Waals surface area contributed by atoms with Crippen LogP contribution < -0.4 is 10.1 Å². The lowest BCUT2D eigenvalue weighted by Crippen LogP contribution is -2.07. The lowest BCUT2D eigenvalue weighted by molar-refractivity contribution is -0.111. The van der Waals surface area contributed by atoms with Crippen molar-refractivity contribution in [3.05, 3.63) is 90.5 Å². The Bertz CT molecular complexity index is 854. The molecule has 1 amide bonds. The molecule has 0 atom stereocenters. The van der Waals surface area contributed by atoms with Crippen molar-refractivity contribution >= 4 is 17.7 Å². The highest BCUT2D eigenvalue weighted by molar-refractivity contribution is 6.01. The highest BCUT2D eigenvalue weighted by Gasteiger charge is 2.00. The number of benzene rings is 3. The molecule has 4 nitrogen and oxygen atoms in total. The Kier molecular flexibility index (Phi) is 5.12. The van der Waals surface area contributed by atoms with Crippen LogP contribution in [0.4, 0.5) is 5.69 Å². The molecule has 3 rings (SSSR count). The van der Waals surface area contributed by atoms with Crippen LogP contribution in [0.1, 0.15) is 5.56 Å². The summed E-state index contributed by atoms with van der Waals surface area (Å²) in [5, 5.41) is 12.0. The molecule has 0 aliphatic carbocycles. The molecule has 0 radical (unpaired) electrons. The van der Waals surface area contributed by atoms with Crippen LogP contribution in [-0.2, 0) is 4.79 Å². The van der Waals surface area contributed by atoms with Crippen LogP contribution in [0.3, 0.4) is 0 Å². The van der Waals surface area contributed by atoms with E-state index in [9.17, 15) is 9.90 Å². The molecule has 0 spiro atoms. The summed E-state index contributed by atoms with van der Waals surface area (Å²) in [6.45, 7) is 0. The first-order chi connectivity index (χ1) is 12.2. The highest BCUT2D eigenvalue weighted by atomic mass is 16.5. The summed E-state index contributed by atoms with van der Waals surface area (Å²) in [7, 11) is 0. The van der Waals surface area contributed by atoms with Crippen molar-refractivity contribution < 1.29 is 14.6 Å².